The SMILES string of the molecule is C[C@@H]1CC[C@H]2[C@@H](C)C(OCc3ccc(C(=O)O)cc3)O[C@@H]3O[C@@]4(C)CC[C@@H]1[C@]32OO4. The smallest absolute Gasteiger partial charge is 0.335 e. The van der Waals surface area contributed by atoms with Gasteiger partial charge in [0.2, 0.25) is 5.79 Å². The molecule has 1 N–H and O–H groups in total. The average molecular weight is 418 g/mol. The maximum absolute atomic E-state index is 11.0. The van der Waals surface area contributed by atoms with Crippen molar-refractivity contribution >= 4 is 5.97 Å². The van der Waals surface area contributed by atoms with E-state index in [1.165, 1.54) is 0 Å². The van der Waals surface area contributed by atoms with E-state index in [0.717, 1.165) is 31.2 Å². The standard InChI is InChI=1S/C23H30O7/c1-13-4-9-18-14(2)20(26-12-15-5-7-16(8-6-15)19(24)25)27-21-23(18)17(13)10-11-22(3,28-21)29-30-23/h5-8,13-14,17-18,20-21H,4,9-12H2,1-3H3,(H,24,25)/t13-,14-,17+,18+,20?,21-,22-,23-/m1/s1. The Hall–Kier alpha value is -1.51. The Morgan fingerprint density at radius 2 is 1.90 bits per heavy atom. The van der Waals surface area contributed by atoms with Crippen molar-refractivity contribution < 1.29 is 33.9 Å². The van der Waals surface area contributed by atoms with Crippen molar-refractivity contribution in [1.82, 2.24) is 0 Å². The first-order valence-electron chi connectivity index (χ1n) is 11.0. The molecule has 1 saturated carbocycles. The molecule has 4 heterocycles. The summed E-state index contributed by atoms with van der Waals surface area (Å²) in [4.78, 5) is 23.0. The van der Waals surface area contributed by atoms with E-state index >= 15 is 0 Å². The molecule has 7 heteroatoms. The lowest BCUT2D eigenvalue weighted by atomic mass is 9.58. The number of hydrogen-bond donors (Lipinski definition) is 1. The Balaban J connectivity index is 1.37. The van der Waals surface area contributed by atoms with Crippen LogP contribution in [0.3, 0.4) is 0 Å². The summed E-state index contributed by atoms with van der Waals surface area (Å²) in [6.07, 6.45) is 3.01. The molecule has 0 amide bonds. The largest absolute Gasteiger partial charge is 0.478 e. The summed E-state index contributed by atoms with van der Waals surface area (Å²) in [6, 6.07) is 6.74. The maximum Gasteiger partial charge on any atom is 0.335 e. The predicted octanol–water partition coefficient (Wildman–Crippen LogP) is 4.11. The van der Waals surface area contributed by atoms with E-state index in [0.29, 0.717) is 18.4 Å². The minimum Gasteiger partial charge on any atom is -0.478 e. The number of rotatable bonds is 4. The fourth-order valence-corrected chi connectivity index (χ4v) is 5.98. The molecular formula is C23H30O7. The predicted molar refractivity (Wildman–Crippen MR) is 105 cm³/mol. The van der Waals surface area contributed by atoms with E-state index < -0.39 is 29.9 Å². The molecule has 0 radical (unpaired) electrons. The van der Waals surface area contributed by atoms with Gasteiger partial charge in [-0.3, -0.25) is 0 Å². The molecule has 1 aliphatic carbocycles. The van der Waals surface area contributed by atoms with Crippen LogP contribution in [0.4, 0.5) is 0 Å². The van der Waals surface area contributed by atoms with E-state index in [1.54, 1.807) is 24.3 Å². The molecule has 164 valence electrons. The molecule has 5 aliphatic rings. The van der Waals surface area contributed by atoms with Gasteiger partial charge in [-0.25, -0.2) is 14.6 Å². The van der Waals surface area contributed by atoms with E-state index in [9.17, 15) is 4.79 Å². The zero-order valence-electron chi connectivity index (χ0n) is 17.7. The Morgan fingerprint density at radius 1 is 1.13 bits per heavy atom. The first-order valence-corrected chi connectivity index (χ1v) is 11.0. The maximum atomic E-state index is 11.0. The van der Waals surface area contributed by atoms with Gasteiger partial charge < -0.3 is 19.3 Å². The summed E-state index contributed by atoms with van der Waals surface area (Å²) in [6.45, 7) is 6.71. The van der Waals surface area contributed by atoms with E-state index in [1.807, 2.05) is 6.92 Å². The molecule has 6 rings (SSSR count). The third-order valence-electron chi connectivity index (χ3n) is 7.71. The van der Waals surface area contributed by atoms with Gasteiger partial charge in [0.05, 0.1) is 12.2 Å². The van der Waals surface area contributed by atoms with Gasteiger partial charge in [-0.2, -0.15) is 0 Å². The number of carboxylic acids is 1. The highest BCUT2D eigenvalue weighted by Crippen LogP contribution is 2.60. The third kappa shape index (κ3) is 3.10. The Kier molecular flexibility index (Phi) is 4.95. The molecular weight excluding hydrogens is 388 g/mol. The topological polar surface area (TPSA) is 83.5 Å². The van der Waals surface area contributed by atoms with Gasteiger partial charge in [0.1, 0.15) is 0 Å². The van der Waals surface area contributed by atoms with E-state index in [2.05, 4.69) is 13.8 Å². The second-order valence-corrected chi connectivity index (χ2v) is 9.59. The van der Waals surface area contributed by atoms with Crippen LogP contribution >= 0.6 is 0 Å². The monoisotopic (exact) mass is 418 g/mol. The average Bonchev–Trinajstić information content (AvgIpc) is 2.96. The fraction of sp³-hybridized carbons (Fsp3) is 0.696. The molecule has 1 spiro atoms. The van der Waals surface area contributed by atoms with Crippen LogP contribution in [0, 0.1) is 23.7 Å². The third-order valence-corrected chi connectivity index (χ3v) is 7.71. The summed E-state index contributed by atoms with van der Waals surface area (Å²) in [5.41, 5.74) is 0.579. The molecule has 4 aliphatic heterocycles. The number of aromatic carboxylic acids is 1. The van der Waals surface area contributed by atoms with Crippen molar-refractivity contribution in [1.29, 1.82) is 0 Å². The number of carbonyl (C=O) groups is 1. The van der Waals surface area contributed by atoms with Crippen molar-refractivity contribution in [2.75, 3.05) is 0 Å². The highest BCUT2D eigenvalue weighted by molar-refractivity contribution is 5.87. The summed E-state index contributed by atoms with van der Waals surface area (Å²) >= 11 is 0. The molecule has 0 aromatic heterocycles. The van der Waals surface area contributed by atoms with Crippen molar-refractivity contribution in [2.45, 2.75) is 77.0 Å². The van der Waals surface area contributed by atoms with Gasteiger partial charge in [0.15, 0.2) is 18.2 Å². The van der Waals surface area contributed by atoms with Crippen molar-refractivity contribution in [2.24, 2.45) is 23.7 Å². The first-order chi connectivity index (χ1) is 14.3. The van der Waals surface area contributed by atoms with Crippen LogP contribution in [0.1, 0.15) is 62.4 Å². The van der Waals surface area contributed by atoms with Gasteiger partial charge in [0.25, 0.3) is 0 Å². The van der Waals surface area contributed by atoms with Crippen molar-refractivity contribution in [3.8, 4) is 0 Å². The molecule has 30 heavy (non-hydrogen) atoms. The molecule has 4 saturated heterocycles. The zero-order chi connectivity index (χ0) is 21.1. The summed E-state index contributed by atoms with van der Waals surface area (Å²) in [5, 5.41) is 9.06. The normalized spacial score (nSPS) is 44.9. The van der Waals surface area contributed by atoms with Gasteiger partial charge in [-0.05, 0) is 55.7 Å². The van der Waals surface area contributed by atoms with Gasteiger partial charge in [0, 0.05) is 18.3 Å². The molecule has 8 atom stereocenters. The van der Waals surface area contributed by atoms with Crippen LogP contribution in [-0.4, -0.2) is 35.0 Å². The number of hydrogen-bond acceptors (Lipinski definition) is 6. The molecule has 7 nitrogen and oxygen atoms in total. The van der Waals surface area contributed by atoms with Gasteiger partial charge in [-0.15, -0.1) is 0 Å². The second-order valence-electron chi connectivity index (χ2n) is 9.59. The highest BCUT2D eigenvalue weighted by atomic mass is 17.3. The second kappa shape index (κ2) is 7.28. The van der Waals surface area contributed by atoms with Crippen LogP contribution in [0.15, 0.2) is 24.3 Å². The Bertz CT molecular complexity index is 810. The van der Waals surface area contributed by atoms with Crippen LogP contribution in [0.25, 0.3) is 0 Å². The minimum atomic E-state index is -0.936. The van der Waals surface area contributed by atoms with Gasteiger partial charge >= 0.3 is 5.97 Å². The molecule has 1 aromatic rings. The number of carboxylic acid groups (broad SMARTS) is 1. The summed E-state index contributed by atoms with van der Waals surface area (Å²) in [7, 11) is 0. The fourth-order valence-electron chi connectivity index (χ4n) is 5.98. The molecule has 1 unspecified atom stereocenters. The lowest BCUT2D eigenvalue weighted by Gasteiger charge is -2.60. The van der Waals surface area contributed by atoms with Crippen LogP contribution < -0.4 is 0 Å². The van der Waals surface area contributed by atoms with E-state index in [-0.39, 0.29) is 17.4 Å². The Morgan fingerprint density at radius 3 is 2.63 bits per heavy atom. The number of benzene rings is 1. The molecule has 2 bridgehead atoms. The van der Waals surface area contributed by atoms with Crippen LogP contribution in [-0.2, 0) is 30.6 Å². The minimum absolute atomic E-state index is 0.115. The lowest BCUT2D eigenvalue weighted by Crippen LogP contribution is -2.70. The number of fused-ring (bicyclic) bond motifs is 2. The van der Waals surface area contributed by atoms with Crippen molar-refractivity contribution in [3.05, 3.63) is 35.4 Å². The summed E-state index contributed by atoms with van der Waals surface area (Å²) < 4.78 is 18.9. The van der Waals surface area contributed by atoms with Gasteiger partial charge in [-0.1, -0.05) is 26.0 Å². The first kappa shape index (κ1) is 20.4. The van der Waals surface area contributed by atoms with Crippen LogP contribution in [0.2, 0.25) is 0 Å². The van der Waals surface area contributed by atoms with Crippen LogP contribution in [0.5, 0.6) is 0 Å². The van der Waals surface area contributed by atoms with Crippen molar-refractivity contribution in [3.63, 3.8) is 0 Å². The number of ether oxygens (including phenoxy) is 3. The highest BCUT2D eigenvalue weighted by Gasteiger charge is 2.69. The molecule has 1 aromatic carbocycles. The van der Waals surface area contributed by atoms with E-state index in [4.69, 9.17) is 29.1 Å². The Labute approximate surface area is 176 Å². The lowest BCUT2D eigenvalue weighted by molar-refractivity contribution is -0.577. The summed E-state index contributed by atoms with van der Waals surface area (Å²) in [5.74, 6) is -0.539. The molecule has 5 fully saturated rings. The zero-order valence-corrected chi connectivity index (χ0v) is 17.7. The quantitative estimate of drug-likeness (QED) is 0.737.